The van der Waals surface area contributed by atoms with Gasteiger partial charge in [0.15, 0.2) is 0 Å². The third-order valence-corrected chi connectivity index (χ3v) is 7.05. The highest BCUT2D eigenvalue weighted by atomic mass is 16.6. The molecule has 2 aromatic rings. The van der Waals surface area contributed by atoms with Gasteiger partial charge in [-0.2, -0.15) is 0 Å². The lowest BCUT2D eigenvalue weighted by Crippen LogP contribution is -2.38. The van der Waals surface area contributed by atoms with Crippen LogP contribution in [0.15, 0.2) is 60.7 Å². The van der Waals surface area contributed by atoms with Gasteiger partial charge < -0.3 is 5.32 Å². The van der Waals surface area contributed by atoms with Crippen LogP contribution in [0.25, 0.3) is 0 Å². The standard InChI is InChI=1S/C24H20N4O7/c29-20(25-16-5-9-18(10-6-16)28(34)35)12-19(13-3-7-17(8-4-13)27(32)33)26-23(30)21-14-1-2-15(11-14)22(21)24(26)31/h1-10,14-15,19,21-22H,11-12H2,(H,25,29). The molecule has 3 aliphatic rings. The second-order valence-electron chi connectivity index (χ2n) is 8.97. The summed E-state index contributed by atoms with van der Waals surface area (Å²) in [5.74, 6) is -2.07. The molecule has 2 fully saturated rings. The third-order valence-electron chi connectivity index (χ3n) is 7.05. The van der Waals surface area contributed by atoms with E-state index in [1.807, 2.05) is 12.2 Å². The SMILES string of the molecule is O=C(CC(c1ccc([N+](=O)[O-])cc1)N1C(=O)C2C3C=CC(C3)C2C1=O)Nc1ccc([N+](=O)[O-])cc1. The van der Waals surface area contributed by atoms with Crippen LogP contribution in [0.5, 0.6) is 0 Å². The van der Waals surface area contributed by atoms with Gasteiger partial charge >= 0.3 is 0 Å². The summed E-state index contributed by atoms with van der Waals surface area (Å²) < 4.78 is 0. The lowest BCUT2D eigenvalue weighted by atomic mass is 9.85. The molecule has 2 bridgehead atoms. The Labute approximate surface area is 198 Å². The van der Waals surface area contributed by atoms with Crippen LogP contribution in [0.2, 0.25) is 0 Å². The molecule has 1 heterocycles. The van der Waals surface area contributed by atoms with E-state index in [0.29, 0.717) is 11.3 Å². The number of nitro groups is 2. The number of nitrogens with one attached hydrogen (secondary N) is 1. The van der Waals surface area contributed by atoms with E-state index in [9.17, 15) is 34.6 Å². The van der Waals surface area contributed by atoms with Gasteiger partial charge in [0.2, 0.25) is 17.7 Å². The summed E-state index contributed by atoms with van der Waals surface area (Å²) >= 11 is 0. The van der Waals surface area contributed by atoms with E-state index in [4.69, 9.17) is 0 Å². The molecule has 2 aliphatic carbocycles. The van der Waals surface area contributed by atoms with E-state index in [2.05, 4.69) is 5.32 Å². The fraction of sp³-hybridized carbons (Fsp3) is 0.292. The summed E-state index contributed by atoms with van der Waals surface area (Å²) in [6.45, 7) is 0. The number of amides is 3. The zero-order chi connectivity index (χ0) is 24.9. The van der Waals surface area contributed by atoms with Gasteiger partial charge in [0.1, 0.15) is 0 Å². The molecule has 178 valence electrons. The van der Waals surface area contributed by atoms with Gasteiger partial charge in [0.05, 0.1) is 34.1 Å². The van der Waals surface area contributed by atoms with E-state index in [0.717, 1.165) is 11.3 Å². The summed E-state index contributed by atoms with van der Waals surface area (Å²) in [6.07, 6.45) is 4.45. The number of allylic oxidation sites excluding steroid dienone is 2. The molecule has 1 aliphatic heterocycles. The number of hydrogen-bond donors (Lipinski definition) is 1. The highest BCUT2D eigenvalue weighted by molar-refractivity contribution is 6.07. The minimum absolute atomic E-state index is 0.00195. The average molecular weight is 476 g/mol. The predicted octanol–water partition coefficient (Wildman–Crippen LogP) is 3.38. The fourth-order valence-electron chi connectivity index (χ4n) is 5.46. The van der Waals surface area contributed by atoms with Crippen molar-refractivity contribution in [3.8, 4) is 0 Å². The average Bonchev–Trinajstić information content (AvgIpc) is 3.52. The molecule has 3 amide bonds. The van der Waals surface area contributed by atoms with Crippen molar-refractivity contribution in [3.05, 3.63) is 86.5 Å². The van der Waals surface area contributed by atoms with Crippen LogP contribution in [-0.4, -0.2) is 32.5 Å². The Hall–Kier alpha value is -4.41. The number of non-ortho nitro benzene ring substituents is 2. The molecule has 1 N–H and O–H groups in total. The van der Waals surface area contributed by atoms with E-state index in [-0.39, 0.29) is 41.4 Å². The van der Waals surface area contributed by atoms with E-state index < -0.39 is 33.6 Å². The van der Waals surface area contributed by atoms with Crippen LogP contribution >= 0.6 is 0 Å². The largest absolute Gasteiger partial charge is 0.326 e. The van der Waals surface area contributed by atoms with Gasteiger partial charge in [-0.1, -0.05) is 24.3 Å². The van der Waals surface area contributed by atoms with Gasteiger partial charge in [0.25, 0.3) is 11.4 Å². The Balaban J connectivity index is 1.42. The molecule has 1 saturated carbocycles. The minimum atomic E-state index is -0.946. The molecule has 0 aromatic heterocycles. The van der Waals surface area contributed by atoms with Crippen molar-refractivity contribution in [2.24, 2.45) is 23.7 Å². The zero-order valence-corrected chi connectivity index (χ0v) is 18.3. The van der Waals surface area contributed by atoms with Crippen molar-refractivity contribution in [1.29, 1.82) is 0 Å². The molecule has 0 radical (unpaired) electrons. The first-order chi connectivity index (χ1) is 16.7. The van der Waals surface area contributed by atoms with Gasteiger partial charge in [-0.15, -0.1) is 0 Å². The summed E-state index contributed by atoms with van der Waals surface area (Å²) in [5.41, 5.74) is 0.466. The van der Waals surface area contributed by atoms with Crippen molar-refractivity contribution >= 4 is 34.8 Å². The van der Waals surface area contributed by atoms with Crippen molar-refractivity contribution in [2.75, 3.05) is 5.32 Å². The molecule has 35 heavy (non-hydrogen) atoms. The number of benzene rings is 2. The number of fused-ring (bicyclic) bond motifs is 5. The lowest BCUT2D eigenvalue weighted by molar-refractivity contribution is -0.385. The number of nitrogens with zero attached hydrogens (tertiary/aromatic N) is 3. The number of anilines is 1. The second kappa shape index (κ2) is 8.42. The molecule has 5 rings (SSSR count). The topological polar surface area (TPSA) is 153 Å². The van der Waals surface area contributed by atoms with Crippen LogP contribution in [0.3, 0.4) is 0 Å². The van der Waals surface area contributed by atoms with Crippen molar-refractivity contribution in [3.63, 3.8) is 0 Å². The molecule has 11 nitrogen and oxygen atoms in total. The number of imide groups is 1. The van der Waals surface area contributed by atoms with Gasteiger partial charge in [-0.3, -0.25) is 39.5 Å². The lowest BCUT2D eigenvalue weighted by Gasteiger charge is -2.28. The number of carbonyl (C=O) groups is 3. The molecular weight excluding hydrogens is 456 g/mol. The quantitative estimate of drug-likeness (QED) is 0.278. The molecule has 5 unspecified atom stereocenters. The summed E-state index contributed by atoms with van der Waals surface area (Å²) in [6, 6.07) is 9.77. The Morgan fingerprint density at radius 1 is 0.886 bits per heavy atom. The highest BCUT2D eigenvalue weighted by Crippen LogP contribution is 2.54. The maximum Gasteiger partial charge on any atom is 0.269 e. The first kappa shape index (κ1) is 22.4. The van der Waals surface area contributed by atoms with Gasteiger partial charge in [0, 0.05) is 30.0 Å². The molecule has 5 atom stereocenters. The molecule has 0 spiro atoms. The number of nitro benzene ring substituents is 2. The second-order valence-corrected chi connectivity index (χ2v) is 8.97. The predicted molar refractivity (Wildman–Crippen MR) is 122 cm³/mol. The Kier molecular flexibility index (Phi) is 5.39. The summed E-state index contributed by atoms with van der Waals surface area (Å²) in [4.78, 5) is 61.7. The Morgan fingerprint density at radius 3 is 1.86 bits per heavy atom. The van der Waals surface area contributed by atoms with Gasteiger partial charge in [-0.05, 0) is 36.0 Å². The summed E-state index contributed by atoms with van der Waals surface area (Å²) in [7, 11) is 0. The normalized spacial score (nSPS) is 25.0. The van der Waals surface area contributed by atoms with Crippen molar-refractivity contribution < 1.29 is 24.2 Å². The first-order valence-corrected chi connectivity index (χ1v) is 11.1. The zero-order valence-electron chi connectivity index (χ0n) is 18.3. The van der Waals surface area contributed by atoms with E-state index in [1.54, 1.807) is 0 Å². The van der Waals surface area contributed by atoms with Crippen LogP contribution in [0.1, 0.15) is 24.4 Å². The third kappa shape index (κ3) is 3.84. The van der Waals surface area contributed by atoms with Crippen LogP contribution in [0.4, 0.5) is 17.1 Å². The highest BCUT2D eigenvalue weighted by Gasteiger charge is 2.60. The molecule has 11 heteroatoms. The maximum absolute atomic E-state index is 13.4. The van der Waals surface area contributed by atoms with Crippen LogP contribution < -0.4 is 5.32 Å². The number of carbonyl (C=O) groups excluding carboxylic acids is 3. The van der Waals surface area contributed by atoms with Crippen LogP contribution in [0, 0.1) is 43.9 Å². The number of rotatable bonds is 7. The number of hydrogen-bond acceptors (Lipinski definition) is 7. The Morgan fingerprint density at radius 2 is 1.37 bits per heavy atom. The minimum Gasteiger partial charge on any atom is -0.326 e. The van der Waals surface area contributed by atoms with E-state index >= 15 is 0 Å². The monoisotopic (exact) mass is 476 g/mol. The van der Waals surface area contributed by atoms with Crippen molar-refractivity contribution in [1.82, 2.24) is 4.90 Å². The summed E-state index contributed by atoms with van der Waals surface area (Å²) in [5, 5.41) is 24.6. The molecular formula is C24H20N4O7. The molecule has 1 saturated heterocycles. The Bertz CT molecular complexity index is 1240. The first-order valence-electron chi connectivity index (χ1n) is 11.1. The smallest absolute Gasteiger partial charge is 0.269 e. The van der Waals surface area contributed by atoms with Gasteiger partial charge in [-0.25, -0.2) is 0 Å². The van der Waals surface area contributed by atoms with Crippen molar-refractivity contribution in [2.45, 2.75) is 18.9 Å². The van der Waals surface area contributed by atoms with Crippen LogP contribution in [-0.2, 0) is 14.4 Å². The number of likely N-dealkylation sites (tertiary alicyclic amines) is 1. The van der Waals surface area contributed by atoms with E-state index in [1.165, 1.54) is 48.5 Å². The fourth-order valence-corrected chi connectivity index (χ4v) is 5.46. The molecule has 2 aromatic carbocycles. The maximum atomic E-state index is 13.4.